The summed E-state index contributed by atoms with van der Waals surface area (Å²) < 4.78 is 14.2. The molecule has 28 heavy (non-hydrogen) atoms. The molecule has 3 aromatic rings. The van der Waals surface area contributed by atoms with Crippen LogP contribution in [0.2, 0.25) is 0 Å². The Labute approximate surface area is 173 Å². The van der Waals surface area contributed by atoms with Crippen molar-refractivity contribution >= 4 is 39.1 Å². The van der Waals surface area contributed by atoms with Crippen molar-refractivity contribution in [3.05, 3.63) is 86.1 Å². The van der Waals surface area contributed by atoms with Crippen molar-refractivity contribution in [2.24, 2.45) is 0 Å². The van der Waals surface area contributed by atoms with E-state index in [2.05, 4.69) is 21.2 Å². The lowest BCUT2D eigenvalue weighted by Gasteiger charge is -2.13. The lowest BCUT2D eigenvalue weighted by molar-refractivity contribution is -0.385. The van der Waals surface area contributed by atoms with Crippen molar-refractivity contribution < 1.29 is 14.4 Å². The number of benzene rings is 3. The van der Waals surface area contributed by atoms with Gasteiger partial charge in [0.2, 0.25) is 0 Å². The van der Waals surface area contributed by atoms with Crippen molar-refractivity contribution in [3.63, 3.8) is 0 Å². The van der Waals surface area contributed by atoms with Crippen molar-refractivity contribution in [1.29, 1.82) is 0 Å². The molecule has 0 radical (unpaired) electrons. The van der Waals surface area contributed by atoms with Crippen LogP contribution in [0.5, 0.6) is 5.75 Å². The summed E-state index contributed by atoms with van der Waals surface area (Å²) in [4.78, 5) is 12.5. The number of nitrogens with one attached hydrogen (secondary N) is 1. The van der Waals surface area contributed by atoms with E-state index < -0.39 is 16.5 Å². The highest BCUT2D eigenvalue weighted by molar-refractivity contribution is 9.10. The molecule has 3 aromatic carbocycles. The Morgan fingerprint density at radius 3 is 2.57 bits per heavy atom. The molecule has 0 bridgehead atoms. The van der Waals surface area contributed by atoms with Crippen LogP contribution in [0.1, 0.15) is 11.1 Å². The maximum atomic E-state index is 13.7. The largest absolute Gasteiger partial charge is 0.503 e. The van der Waals surface area contributed by atoms with Crippen LogP contribution in [0.3, 0.4) is 0 Å². The third kappa shape index (κ3) is 4.82. The zero-order valence-electron chi connectivity index (χ0n) is 14.8. The third-order valence-corrected chi connectivity index (χ3v) is 5.59. The van der Waals surface area contributed by atoms with Gasteiger partial charge in [-0.15, -0.1) is 0 Å². The maximum Gasteiger partial charge on any atom is 0.269 e. The molecule has 2 N–H and O–H groups in total. The summed E-state index contributed by atoms with van der Waals surface area (Å²) in [6, 6.07) is 15.3. The van der Waals surface area contributed by atoms with Gasteiger partial charge in [0.25, 0.3) is 5.69 Å². The van der Waals surface area contributed by atoms with Gasteiger partial charge >= 0.3 is 0 Å². The van der Waals surface area contributed by atoms with Gasteiger partial charge in [0, 0.05) is 32.9 Å². The van der Waals surface area contributed by atoms with E-state index in [9.17, 15) is 19.6 Å². The normalized spacial score (nSPS) is 10.7. The van der Waals surface area contributed by atoms with Crippen LogP contribution in [0.4, 0.5) is 15.8 Å². The standard InChI is InChI=1S/C20H16BrFN2O3S/c1-12-2-5-16(6-3-12)28-19-7-4-15(24(26)27)8-13(19)11-23-18-10-14(21)9-17(22)20(18)25/h2-10,23,25H,11H2,1H3. The van der Waals surface area contributed by atoms with E-state index >= 15 is 0 Å². The van der Waals surface area contributed by atoms with Crippen molar-refractivity contribution in [3.8, 4) is 5.75 Å². The number of phenols is 1. The summed E-state index contributed by atoms with van der Waals surface area (Å²) >= 11 is 4.66. The second-order valence-electron chi connectivity index (χ2n) is 6.10. The van der Waals surface area contributed by atoms with Gasteiger partial charge in [0.15, 0.2) is 11.6 Å². The van der Waals surface area contributed by atoms with Gasteiger partial charge in [-0.05, 0) is 42.8 Å². The fourth-order valence-electron chi connectivity index (χ4n) is 2.54. The summed E-state index contributed by atoms with van der Waals surface area (Å²) in [6.45, 7) is 2.18. The lowest BCUT2D eigenvalue weighted by atomic mass is 10.2. The highest BCUT2D eigenvalue weighted by Gasteiger charge is 2.14. The number of aryl methyl sites for hydroxylation is 1. The number of nitro benzene ring substituents is 1. The lowest BCUT2D eigenvalue weighted by Crippen LogP contribution is -2.03. The minimum atomic E-state index is -0.759. The fraction of sp³-hybridized carbons (Fsp3) is 0.100. The quantitative estimate of drug-likeness (QED) is 0.256. The number of nitrogens with zero attached hydrogens (tertiary/aromatic N) is 1. The number of hydrogen-bond acceptors (Lipinski definition) is 5. The third-order valence-electron chi connectivity index (χ3n) is 4.00. The van der Waals surface area contributed by atoms with Gasteiger partial charge in [-0.1, -0.05) is 45.4 Å². The molecule has 3 rings (SSSR count). The van der Waals surface area contributed by atoms with Crippen molar-refractivity contribution in [2.75, 3.05) is 5.32 Å². The van der Waals surface area contributed by atoms with E-state index in [-0.39, 0.29) is 17.9 Å². The molecule has 0 aromatic heterocycles. The molecule has 0 saturated carbocycles. The number of halogens is 2. The fourth-order valence-corrected chi connectivity index (χ4v) is 3.90. The first-order valence-electron chi connectivity index (χ1n) is 8.27. The van der Waals surface area contributed by atoms with Gasteiger partial charge < -0.3 is 10.4 Å². The molecule has 0 unspecified atom stereocenters. The monoisotopic (exact) mass is 462 g/mol. The first kappa shape index (κ1) is 20.2. The van der Waals surface area contributed by atoms with Crippen molar-refractivity contribution in [2.45, 2.75) is 23.3 Å². The van der Waals surface area contributed by atoms with Crippen LogP contribution in [0.15, 0.2) is 68.9 Å². The summed E-state index contributed by atoms with van der Waals surface area (Å²) in [5.41, 5.74) is 1.97. The molecule has 0 heterocycles. The molecule has 0 fully saturated rings. The molecule has 0 atom stereocenters. The van der Waals surface area contributed by atoms with E-state index in [1.807, 2.05) is 31.2 Å². The van der Waals surface area contributed by atoms with E-state index in [1.165, 1.54) is 23.9 Å². The molecule has 5 nitrogen and oxygen atoms in total. The smallest absolute Gasteiger partial charge is 0.269 e. The number of aromatic hydroxyl groups is 1. The number of non-ortho nitro benzene ring substituents is 1. The van der Waals surface area contributed by atoms with Crippen LogP contribution in [-0.4, -0.2) is 10.0 Å². The average Bonchev–Trinajstić information content (AvgIpc) is 2.66. The SMILES string of the molecule is Cc1ccc(Sc2ccc([N+](=O)[O-])cc2CNc2cc(Br)cc(F)c2O)cc1. The van der Waals surface area contributed by atoms with Crippen LogP contribution >= 0.6 is 27.7 Å². The Morgan fingerprint density at radius 2 is 1.89 bits per heavy atom. The molecule has 0 aliphatic carbocycles. The Morgan fingerprint density at radius 1 is 1.18 bits per heavy atom. The first-order chi connectivity index (χ1) is 13.3. The minimum Gasteiger partial charge on any atom is -0.503 e. The minimum absolute atomic E-state index is 0.0327. The number of anilines is 1. The Bertz CT molecular complexity index is 1030. The Hall–Kier alpha value is -2.58. The molecular formula is C20H16BrFN2O3S. The zero-order chi connectivity index (χ0) is 20.3. The van der Waals surface area contributed by atoms with Gasteiger partial charge in [0.05, 0.1) is 10.6 Å². The van der Waals surface area contributed by atoms with E-state index in [4.69, 9.17) is 0 Å². The summed E-state index contributed by atoms with van der Waals surface area (Å²) in [5.74, 6) is -1.26. The second-order valence-corrected chi connectivity index (χ2v) is 8.13. The number of phenolic OH excluding ortho intramolecular Hbond substituents is 1. The van der Waals surface area contributed by atoms with E-state index in [0.717, 1.165) is 21.4 Å². The first-order valence-corrected chi connectivity index (χ1v) is 9.88. The van der Waals surface area contributed by atoms with Gasteiger partial charge in [-0.3, -0.25) is 10.1 Å². The zero-order valence-corrected chi connectivity index (χ0v) is 17.2. The molecular weight excluding hydrogens is 447 g/mol. The molecule has 0 aliphatic heterocycles. The highest BCUT2D eigenvalue weighted by Crippen LogP contribution is 2.35. The Balaban J connectivity index is 1.90. The number of hydrogen-bond donors (Lipinski definition) is 2. The number of nitro groups is 1. The summed E-state index contributed by atoms with van der Waals surface area (Å²) in [6.07, 6.45) is 0. The topological polar surface area (TPSA) is 75.4 Å². The summed E-state index contributed by atoms with van der Waals surface area (Å²) in [5, 5.41) is 24.0. The van der Waals surface area contributed by atoms with Gasteiger partial charge in [-0.2, -0.15) is 0 Å². The van der Waals surface area contributed by atoms with Crippen LogP contribution in [-0.2, 0) is 6.54 Å². The maximum absolute atomic E-state index is 13.7. The van der Waals surface area contributed by atoms with Crippen LogP contribution in [0, 0.1) is 22.9 Å². The average molecular weight is 463 g/mol. The highest BCUT2D eigenvalue weighted by atomic mass is 79.9. The predicted molar refractivity (Wildman–Crippen MR) is 111 cm³/mol. The predicted octanol–water partition coefficient (Wildman–Crippen LogP) is 6.27. The molecule has 0 saturated heterocycles. The number of rotatable bonds is 6. The van der Waals surface area contributed by atoms with Gasteiger partial charge in [-0.25, -0.2) is 4.39 Å². The summed E-state index contributed by atoms with van der Waals surface area (Å²) in [7, 11) is 0. The molecule has 0 spiro atoms. The van der Waals surface area contributed by atoms with E-state index in [0.29, 0.717) is 10.0 Å². The van der Waals surface area contributed by atoms with Crippen molar-refractivity contribution in [1.82, 2.24) is 0 Å². The van der Waals surface area contributed by atoms with E-state index in [1.54, 1.807) is 12.1 Å². The van der Waals surface area contributed by atoms with Crippen LogP contribution in [0.25, 0.3) is 0 Å². The second kappa shape index (κ2) is 8.62. The van der Waals surface area contributed by atoms with Gasteiger partial charge in [0.1, 0.15) is 0 Å². The molecule has 0 aliphatic rings. The molecule has 0 amide bonds. The molecule has 8 heteroatoms. The molecule has 144 valence electrons. The van der Waals surface area contributed by atoms with Crippen LogP contribution < -0.4 is 5.32 Å². The Kier molecular flexibility index (Phi) is 6.21.